The van der Waals surface area contributed by atoms with E-state index in [-0.39, 0.29) is 12.2 Å². The fourth-order valence-electron chi connectivity index (χ4n) is 1.49. The van der Waals surface area contributed by atoms with Gasteiger partial charge in [0.25, 0.3) is 0 Å². The third-order valence-electron chi connectivity index (χ3n) is 2.15. The predicted octanol–water partition coefficient (Wildman–Crippen LogP) is 1.25. The number of carboxylic acids is 1. The molecule has 0 radical (unpaired) electrons. The number of hydrogen-bond donors (Lipinski definition) is 2. The lowest BCUT2D eigenvalue weighted by molar-refractivity contribution is -0.137. The van der Waals surface area contributed by atoms with Crippen LogP contribution in [0.5, 0.6) is 0 Å². The normalized spacial score (nSPS) is 19.3. The summed E-state index contributed by atoms with van der Waals surface area (Å²) in [6.45, 7) is 0. The van der Waals surface area contributed by atoms with Crippen molar-refractivity contribution in [3.8, 4) is 0 Å². The van der Waals surface area contributed by atoms with Crippen LogP contribution < -0.4 is 5.32 Å². The summed E-state index contributed by atoms with van der Waals surface area (Å²) in [5, 5.41) is 11.4. The van der Waals surface area contributed by atoms with Gasteiger partial charge in [0.15, 0.2) is 0 Å². The first-order chi connectivity index (χ1) is 6.18. The average Bonchev–Trinajstić information content (AvgIpc) is 2.49. The number of anilines is 1. The summed E-state index contributed by atoms with van der Waals surface area (Å²) in [7, 11) is 0. The van der Waals surface area contributed by atoms with Crippen LogP contribution in [0, 0.1) is 5.82 Å². The lowest BCUT2D eigenvalue weighted by Crippen LogP contribution is -2.26. The first-order valence-electron chi connectivity index (χ1n) is 3.95. The molecule has 0 unspecified atom stereocenters. The maximum atomic E-state index is 13.1. The van der Waals surface area contributed by atoms with Crippen LogP contribution in [-0.2, 0) is 11.2 Å². The van der Waals surface area contributed by atoms with E-state index in [1.807, 2.05) is 0 Å². The largest absolute Gasteiger partial charge is 0.480 e. The van der Waals surface area contributed by atoms with Crippen molar-refractivity contribution in [3.63, 3.8) is 0 Å². The third kappa shape index (κ3) is 1.24. The summed E-state index contributed by atoms with van der Waals surface area (Å²) in [6.07, 6.45) is 0.220. The molecule has 2 N–H and O–H groups in total. The zero-order chi connectivity index (χ0) is 9.42. The zero-order valence-corrected chi connectivity index (χ0v) is 6.75. The molecule has 0 spiro atoms. The van der Waals surface area contributed by atoms with Crippen molar-refractivity contribution in [3.05, 3.63) is 29.6 Å². The number of benzene rings is 1. The van der Waals surface area contributed by atoms with Crippen molar-refractivity contribution in [2.75, 3.05) is 5.32 Å². The number of hydrogen-bond acceptors (Lipinski definition) is 2. The van der Waals surface area contributed by atoms with Gasteiger partial charge in [-0.3, -0.25) is 0 Å². The van der Waals surface area contributed by atoms with Crippen LogP contribution in [0.4, 0.5) is 10.1 Å². The molecular formula is C9H8FNO2. The van der Waals surface area contributed by atoms with Gasteiger partial charge >= 0.3 is 5.97 Å². The second-order valence-corrected chi connectivity index (χ2v) is 3.01. The molecular weight excluding hydrogens is 173 g/mol. The van der Waals surface area contributed by atoms with E-state index < -0.39 is 12.0 Å². The SMILES string of the molecule is O=C(O)[C@@H]1Cc2c(F)cccc2N1. The molecule has 3 nitrogen and oxygen atoms in total. The van der Waals surface area contributed by atoms with Gasteiger partial charge in [-0.1, -0.05) is 6.07 Å². The molecule has 0 fully saturated rings. The van der Waals surface area contributed by atoms with Crippen LogP contribution in [-0.4, -0.2) is 17.1 Å². The van der Waals surface area contributed by atoms with Crippen molar-refractivity contribution in [1.82, 2.24) is 0 Å². The van der Waals surface area contributed by atoms with Crippen LogP contribution in [0.3, 0.4) is 0 Å². The maximum absolute atomic E-state index is 13.1. The van der Waals surface area contributed by atoms with Crippen molar-refractivity contribution < 1.29 is 14.3 Å². The zero-order valence-electron chi connectivity index (χ0n) is 6.75. The minimum Gasteiger partial charge on any atom is -0.480 e. The minimum atomic E-state index is -0.949. The molecule has 1 aromatic carbocycles. The minimum absolute atomic E-state index is 0.220. The summed E-state index contributed by atoms with van der Waals surface area (Å²) in [4.78, 5) is 10.6. The topological polar surface area (TPSA) is 49.3 Å². The third-order valence-corrected chi connectivity index (χ3v) is 2.15. The predicted molar refractivity (Wildman–Crippen MR) is 45.2 cm³/mol. The second-order valence-electron chi connectivity index (χ2n) is 3.01. The Balaban J connectivity index is 2.35. The lowest BCUT2D eigenvalue weighted by atomic mass is 10.1. The number of rotatable bonds is 1. The first-order valence-corrected chi connectivity index (χ1v) is 3.95. The Morgan fingerprint density at radius 3 is 3.00 bits per heavy atom. The first kappa shape index (κ1) is 8.04. The van der Waals surface area contributed by atoms with E-state index in [2.05, 4.69) is 5.32 Å². The molecule has 4 heteroatoms. The number of carboxylic acid groups (broad SMARTS) is 1. The van der Waals surface area contributed by atoms with E-state index in [4.69, 9.17) is 5.11 Å². The lowest BCUT2D eigenvalue weighted by Gasteiger charge is -2.02. The van der Waals surface area contributed by atoms with Gasteiger partial charge in [0.2, 0.25) is 0 Å². The van der Waals surface area contributed by atoms with Crippen molar-refractivity contribution in [2.45, 2.75) is 12.5 Å². The van der Waals surface area contributed by atoms with E-state index >= 15 is 0 Å². The molecule has 0 saturated heterocycles. The van der Waals surface area contributed by atoms with Gasteiger partial charge in [0.05, 0.1) is 0 Å². The van der Waals surface area contributed by atoms with E-state index in [0.29, 0.717) is 11.3 Å². The van der Waals surface area contributed by atoms with Gasteiger partial charge in [-0.05, 0) is 12.1 Å². The Bertz CT molecular complexity index is 365. The Labute approximate surface area is 74.2 Å². The van der Waals surface area contributed by atoms with Gasteiger partial charge < -0.3 is 10.4 Å². The molecule has 1 atom stereocenters. The number of nitrogens with one attached hydrogen (secondary N) is 1. The molecule has 0 aliphatic carbocycles. The highest BCUT2D eigenvalue weighted by atomic mass is 19.1. The molecule has 68 valence electrons. The quantitative estimate of drug-likeness (QED) is 0.685. The van der Waals surface area contributed by atoms with E-state index in [1.54, 1.807) is 12.1 Å². The Kier molecular flexibility index (Phi) is 1.69. The monoisotopic (exact) mass is 181 g/mol. The maximum Gasteiger partial charge on any atom is 0.326 e. The Hall–Kier alpha value is -1.58. The number of aliphatic carboxylic acids is 1. The summed E-state index contributed by atoms with van der Waals surface area (Å²) >= 11 is 0. The molecule has 1 heterocycles. The van der Waals surface area contributed by atoms with E-state index in [0.717, 1.165) is 0 Å². The molecule has 0 bridgehead atoms. The molecule has 0 amide bonds. The number of halogens is 1. The highest BCUT2D eigenvalue weighted by Crippen LogP contribution is 2.27. The highest BCUT2D eigenvalue weighted by molar-refractivity contribution is 5.81. The van der Waals surface area contributed by atoms with Crippen molar-refractivity contribution in [1.29, 1.82) is 0 Å². The van der Waals surface area contributed by atoms with E-state index in [1.165, 1.54) is 6.07 Å². The number of fused-ring (bicyclic) bond motifs is 1. The second kappa shape index (κ2) is 2.73. The summed E-state index contributed by atoms with van der Waals surface area (Å²) in [5.41, 5.74) is 1.06. The van der Waals surface area contributed by atoms with Crippen LogP contribution in [0.25, 0.3) is 0 Å². The van der Waals surface area contributed by atoms with Gasteiger partial charge in [-0.25, -0.2) is 9.18 Å². The van der Waals surface area contributed by atoms with Gasteiger partial charge in [-0.15, -0.1) is 0 Å². The molecule has 2 rings (SSSR count). The summed E-state index contributed by atoms with van der Waals surface area (Å²) in [5.74, 6) is -1.29. The fourth-order valence-corrected chi connectivity index (χ4v) is 1.49. The molecule has 0 saturated carbocycles. The van der Waals surface area contributed by atoms with Gasteiger partial charge in [0.1, 0.15) is 11.9 Å². The average molecular weight is 181 g/mol. The van der Waals surface area contributed by atoms with Crippen LogP contribution in [0.2, 0.25) is 0 Å². The Morgan fingerprint density at radius 2 is 2.38 bits per heavy atom. The molecule has 13 heavy (non-hydrogen) atoms. The van der Waals surface area contributed by atoms with Crippen LogP contribution in [0.1, 0.15) is 5.56 Å². The fraction of sp³-hybridized carbons (Fsp3) is 0.222. The van der Waals surface area contributed by atoms with E-state index in [9.17, 15) is 9.18 Å². The van der Waals surface area contributed by atoms with Crippen molar-refractivity contribution in [2.24, 2.45) is 0 Å². The molecule has 1 aromatic rings. The molecule has 1 aliphatic rings. The number of carbonyl (C=O) groups is 1. The summed E-state index contributed by atoms with van der Waals surface area (Å²) < 4.78 is 13.1. The highest BCUT2D eigenvalue weighted by Gasteiger charge is 2.27. The standard InChI is InChI=1S/C9H8FNO2/c10-6-2-1-3-7-5(6)4-8(11-7)9(12)13/h1-3,8,11H,4H2,(H,12,13)/t8-/m0/s1. The Morgan fingerprint density at radius 1 is 1.62 bits per heavy atom. The smallest absolute Gasteiger partial charge is 0.326 e. The van der Waals surface area contributed by atoms with Crippen LogP contribution in [0.15, 0.2) is 18.2 Å². The molecule has 0 aromatic heterocycles. The van der Waals surface area contributed by atoms with Crippen LogP contribution >= 0.6 is 0 Å². The van der Waals surface area contributed by atoms with Crippen molar-refractivity contribution >= 4 is 11.7 Å². The van der Waals surface area contributed by atoms with Gasteiger partial charge in [-0.2, -0.15) is 0 Å². The summed E-state index contributed by atoms with van der Waals surface area (Å²) in [6, 6.07) is 3.89. The van der Waals surface area contributed by atoms with Gasteiger partial charge in [0, 0.05) is 17.7 Å². The molecule has 1 aliphatic heterocycles.